The number of benzene rings is 3. The van der Waals surface area contributed by atoms with E-state index in [1.54, 1.807) is 41.3 Å². The fraction of sp³-hybridized carbons (Fsp3) is 0.148. The van der Waals surface area contributed by atoms with Crippen molar-refractivity contribution in [3.63, 3.8) is 0 Å². The highest BCUT2D eigenvalue weighted by Crippen LogP contribution is 2.53. The molecule has 1 aliphatic rings. The number of halogens is 4. The Morgan fingerprint density at radius 3 is 2.11 bits per heavy atom. The Morgan fingerprint density at radius 1 is 0.868 bits per heavy atom. The lowest BCUT2D eigenvalue weighted by atomic mass is 9.96. The van der Waals surface area contributed by atoms with E-state index in [0.717, 1.165) is 24.0 Å². The van der Waals surface area contributed by atoms with Crippen molar-refractivity contribution in [3.8, 4) is 28.5 Å². The summed E-state index contributed by atoms with van der Waals surface area (Å²) in [5.41, 5.74) is 2.86. The molecule has 2 aromatic heterocycles. The van der Waals surface area contributed by atoms with Crippen LogP contribution in [0.5, 0.6) is 0 Å². The summed E-state index contributed by atoms with van der Waals surface area (Å²) in [7, 11) is -1.49. The lowest BCUT2D eigenvalue weighted by Gasteiger charge is -2.11. The van der Waals surface area contributed by atoms with Gasteiger partial charge in [0, 0.05) is 26.9 Å². The standard InChI is InChI=1S/C27H18Cl4N4O2S/c1-38(36)24-22(25-32-33-26(37-25)27(12-13-27)16-4-8-18(29)9-5-16)34-35(21-11-10-19(30)14-20(21)31)23(24)15-2-6-17(28)7-3-15/h2-11,14H,12-13H2,1H3. The Bertz CT molecular complexity index is 1690. The Hall–Kier alpha value is -2.68. The molecule has 1 atom stereocenters. The summed E-state index contributed by atoms with van der Waals surface area (Å²) in [6, 6.07) is 19.9. The van der Waals surface area contributed by atoms with Crippen molar-refractivity contribution in [1.82, 2.24) is 20.0 Å². The molecule has 38 heavy (non-hydrogen) atoms. The van der Waals surface area contributed by atoms with Crippen molar-refractivity contribution < 1.29 is 8.63 Å². The van der Waals surface area contributed by atoms with Crippen molar-refractivity contribution in [2.75, 3.05) is 6.26 Å². The zero-order chi connectivity index (χ0) is 26.6. The average molecular weight is 604 g/mol. The van der Waals surface area contributed by atoms with Crippen LogP contribution in [0.3, 0.4) is 0 Å². The maximum atomic E-state index is 13.2. The minimum Gasteiger partial charge on any atom is -0.418 e. The number of hydrogen-bond donors (Lipinski definition) is 0. The van der Waals surface area contributed by atoms with Gasteiger partial charge in [-0.25, -0.2) is 4.68 Å². The van der Waals surface area contributed by atoms with Gasteiger partial charge in [0.25, 0.3) is 5.89 Å². The summed E-state index contributed by atoms with van der Waals surface area (Å²) < 4.78 is 21.1. The highest BCUT2D eigenvalue weighted by molar-refractivity contribution is 7.84. The van der Waals surface area contributed by atoms with Gasteiger partial charge in [-0.3, -0.25) is 4.21 Å². The van der Waals surface area contributed by atoms with E-state index in [1.165, 1.54) is 0 Å². The molecule has 1 unspecified atom stereocenters. The van der Waals surface area contributed by atoms with Crippen LogP contribution in [0.25, 0.3) is 28.5 Å². The molecule has 1 fully saturated rings. The van der Waals surface area contributed by atoms with E-state index < -0.39 is 10.8 Å². The van der Waals surface area contributed by atoms with Gasteiger partial charge in [-0.2, -0.15) is 5.10 Å². The third-order valence-corrected chi connectivity index (χ3v) is 8.57. The molecule has 192 valence electrons. The topological polar surface area (TPSA) is 73.8 Å². The minimum atomic E-state index is -1.49. The first-order valence-corrected chi connectivity index (χ1v) is 14.6. The zero-order valence-corrected chi connectivity index (χ0v) is 23.6. The van der Waals surface area contributed by atoms with Crippen LogP contribution in [-0.4, -0.2) is 30.4 Å². The maximum Gasteiger partial charge on any atom is 0.269 e. The molecule has 0 N–H and O–H groups in total. The summed E-state index contributed by atoms with van der Waals surface area (Å²) in [4.78, 5) is 0.435. The maximum absolute atomic E-state index is 13.2. The first-order chi connectivity index (χ1) is 18.3. The van der Waals surface area contributed by atoms with Crippen molar-refractivity contribution in [2.45, 2.75) is 23.2 Å². The first-order valence-electron chi connectivity index (χ1n) is 11.5. The molecule has 1 aliphatic carbocycles. The van der Waals surface area contributed by atoms with Gasteiger partial charge in [-0.05, 0) is 60.9 Å². The van der Waals surface area contributed by atoms with Crippen molar-refractivity contribution in [1.29, 1.82) is 0 Å². The quantitative estimate of drug-likeness (QED) is 0.196. The van der Waals surface area contributed by atoms with Crippen molar-refractivity contribution in [2.24, 2.45) is 0 Å². The van der Waals surface area contributed by atoms with Crippen molar-refractivity contribution >= 4 is 57.2 Å². The molecule has 11 heteroatoms. The monoisotopic (exact) mass is 602 g/mol. The Labute approximate surface area is 241 Å². The van der Waals surface area contributed by atoms with E-state index in [0.29, 0.717) is 48.0 Å². The molecular formula is C27H18Cl4N4O2S. The summed E-state index contributed by atoms with van der Waals surface area (Å²) in [5, 5.41) is 15.6. The van der Waals surface area contributed by atoms with Crippen LogP contribution in [0.4, 0.5) is 0 Å². The predicted octanol–water partition coefficient (Wildman–Crippen LogP) is 8.02. The molecule has 1 saturated carbocycles. The van der Waals surface area contributed by atoms with Crippen LogP contribution in [0.2, 0.25) is 20.1 Å². The van der Waals surface area contributed by atoms with Gasteiger partial charge in [-0.1, -0.05) is 70.7 Å². The number of rotatable bonds is 6. The van der Waals surface area contributed by atoms with Crippen LogP contribution < -0.4 is 0 Å². The van der Waals surface area contributed by atoms with Crippen LogP contribution in [0.15, 0.2) is 76.0 Å². The van der Waals surface area contributed by atoms with E-state index in [9.17, 15) is 4.21 Å². The molecule has 6 rings (SSSR count). The highest BCUT2D eigenvalue weighted by Gasteiger charge is 2.51. The minimum absolute atomic E-state index is 0.171. The number of aromatic nitrogens is 4. The molecule has 5 aromatic rings. The lowest BCUT2D eigenvalue weighted by Crippen LogP contribution is -2.08. The second kappa shape index (κ2) is 9.81. The molecule has 0 amide bonds. The third kappa shape index (κ3) is 4.46. The van der Waals surface area contributed by atoms with Crippen molar-refractivity contribution in [3.05, 3.63) is 98.3 Å². The van der Waals surface area contributed by atoms with Crippen LogP contribution in [-0.2, 0) is 16.2 Å². The summed E-state index contributed by atoms with van der Waals surface area (Å²) in [6.07, 6.45) is 3.32. The molecule has 0 spiro atoms. The van der Waals surface area contributed by atoms with Gasteiger partial charge in [0.2, 0.25) is 5.89 Å². The molecular weight excluding hydrogens is 586 g/mol. The second-order valence-electron chi connectivity index (χ2n) is 9.00. The van der Waals surface area contributed by atoms with Gasteiger partial charge >= 0.3 is 0 Å². The second-order valence-corrected chi connectivity index (χ2v) is 12.0. The molecule has 0 saturated heterocycles. The highest BCUT2D eigenvalue weighted by atomic mass is 35.5. The number of hydrogen-bond acceptors (Lipinski definition) is 5. The largest absolute Gasteiger partial charge is 0.418 e. The van der Waals surface area contributed by atoms with Gasteiger partial charge in [-0.15, -0.1) is 10.2 Å². The Balaban J connectivity index is 1.54. The van der Waals surface area contributed by atoms with Gasteiger partial charge in [0.05, 0.1) is 37.5 Å². The molecule has 0 radical (unpaired) electrons. The molecule has 3 aromatic carbocycles. The summed E-state index contributed by atoms with van der Waals surface area (Å²) >= 11 is 25.0. The van der Waals surface area contributed by atoms with E-state index in [4.69, 9.17) is 55.9 Å². The van der Waals surface area contributed by atoms with Crippen LogP contribution in [0.1, 0.15) is 24.3 Å². The van der Waals surface area contributed by atoms with Crippen LogP contribution in [0, 0.1) is 0 Å². The van der Waals surface area contributed by atoms with Gasteiger partial charge in [0.1, 0.15) is 0 Å². The summed E-state index contributed by atoms with van der Waals surface area (Å²) in [5.74, 6) is 0.652. The van der Waals surface area contributed by atoms with E-state index in [-0.39, 0.29) is 11.3 Å². The normalized spacial score (nSPS) is 15.0. The number of nitrogens with zero attached hydrogens (tertiary/aromatic N) is 4. The molecule has 6 nitrogen and oxygen atoms in total. The fourth-order valence-corrected chi connectivity index (χ4v) is 6.15. The van der Waals surface area contributed by atoms with Crippen LogP contribution >= 0.6 is 46.4 Å². The van der Waals surface area contributed by atoms with Gasteiger partial charge in [0.15, 0.2) is 5.69 Å². The van der Waals surface area contributed by atoms with E-state index in [1.807, 2.05) is 36.4 Å². The molecule has 0 aliphatic heterocycles. The zero-order valence-electron chi connectivity index (χ0n) is 19.8. The van der Waals surface area contributed by atoms with E-state index >= 15 is 0 Å². The Morgan fingerprint density at radius 2 is 1.50 bits per heavy atom. The predicted molar refractivity (Wildman–Crippen MR) is 151 cm³/mol. The molecule has 0 bridgehead atoms. The SMILES string of the molecule is CS(=O)c1c(-c2nnc(C3(c4ccc(Cl)cc4)CC3)o2)nn(-c2ccc(Cl)cc2Cl)c1-c1ccc(Cl)cc1. The summed E-state index contributed by atoms with van der Waals surface area (Å²) in [6.45, 7) is 0. The average Bonchev–Trinajstić information content (AvgIpc) is 3.37. The smallest absolute Gasteiger partial charge is 0.269 e. The lowest BCUT2D eigenvalue weighted by molar-refractivity contribution is 0.470. The van der Waals surface area contributed by atoms with Gasteiger partial charge < -0.3 is 4.42 Å². The fourth-order valence-electron chi connectivity index (χ4n) is 4.54. The third-order valence-electron chi connectivity index (χ3n) is 6.57. The van der Waals surface area contributed by atoms with E-state index in [2.05, 4.69) is 10.2 Å². The Kier molecular flexibility index (Phi) is 6.61. The molecule has 2 heterocycles. The first kappa shape index (κ1) is 25.6.